The van der Waals surface area contributed by atoms with Crippen molar-refractivity contribution in [1.82, 2.24) is 16.2 Å². The first kappa shape index (κ1) is 17.0. The number of ether oxygens (including phenoxy) is 1. The van der Waals surface area contributed by atoms with Gasteiger partial charge < -0.3 is 10.1 Å². The molecule has 0 aliphatic heterocycles. The third kappa shape index (κ3) is 6.75. The average Bonchev–Trinajstić information content (AvgIpc) is 2.43. The summed E-state index contributed by atoms with van der Waals surface area (Å²) in [5, 5.41) is 2.39. The maximum Gasteiger partial charge on any atom is 0.327 e. The minimum Gasteiger partial charge on any atom is -0.484 e. The second-order valence-corrected chi connectivity index (χ2v) is 5.29. The molecule has 0 fully saturated rings. The Labute approximate surface area is 130 Å². The van der Waals surface area contributed by atoms with Gasteiger partial charge in [-0.3, -0.25) is 25.2 Å². The van der Waals surface area contributed by atoms with Gasteiger partial charge >= 0.3 is 11.8 Å². The summed E-state index contributed by atoms with van der Waals surface area (Å²) in [6.45, 7) is 3.15. The fourth-order valence-electron chi connectivity index (χ4n) is 1.23. The highest BCUT2D eigenvalue weighted by atomic mass is 79.9. The molecule has 0 aliphatic carbocycles. The molecule has 0 aromatic heterocycles. The SMILES string of the molecule is CC(C)NC(=O)C(=O)NNC(=O)COc1ccc(Br)cc1. The maximum atomic E-state index is 11.4. The molecule has 3 N–H and O–H groups in total. The molecule has 1 aromatic carbocycles. The molecule has 0 bridgehead atoms. The topological polar surface area (TPSA) is 96.5 Å². The van der Waals surface area contributed by atoms with E-state index in [1.54, 1.807) is 38.1 Å². The fraction of sp³-hybridized carbons (Fsp3) is 0.308. The molecular formula is C13H16BrN3O4. The molecule has 0 atom stereocenters. The molecule has 7 nitrogen and oxygen atoms in total. The van der Waals surface area contributed by atoms with Crippen molar-refractivity contribution in [2.45, 2.75) is 19.9 Å². The van der Waals surface area contributed by atoms with Crippen LogP contribution in [0, 0.1) is 0 Å². The van der Waals surface area contributed by atoms with E-state index in [4.69, 9.17) is 4.74 Å². The van der Waals surface area contributed by atoms with E-state index >= 15 is 0 Å². The minimum absolute atomic E-state index is 0.167. The highest BCUT2D eigenvalue weighted by molar-refractivity contribution is 9.10. The third-order valence-corrected chi connectivity index (χ3v) is 2.65. The van der Waals surface area contributed by atoms with E-state index in [9.17, 15) is 14.4 Å². The van der Waals surface area contributed by atoms with Crippen molar-refractivity contribution in [1.29, 1.82) is 0 Å². The van der Waals surface area contributed by atoms with Crippen molar-refractivity contribution >= 4 is 33.7 Å². The van der Waals surface area contributed by atoms with Crippen LogP contribution in [0.4, 0.5) is 0 Å². The van der Waals surface area contributed by atoms with Gasteiger partial charge in [0.05, 0.1) is 0 Å². The number of carbonyl (C=O) groups excluding carboxylic acids is 3. The summed E-state index contributed by atoms with van der Waals surface area (Å²) in [5.74, 6) is -1.83. The normalized spacial score (nSPS) is 9.90. The lowest BCUT2D eigenvalue weighted by molar-refractivity contribution is -0.141. The fourth-order valence-corrected chi connectivity index (χ4v) is 1.49. The molecule has 3 amide bonds. The number of hydrazine groups is 1. The molecule has 8 heteroatoms. The van der Waals surface area contributed by atoms with Crippen LogP contribution < -0.4 is 20.9 Å². The van der Waals surface area contributed by atoms with Crippen molar-refractivity contribution in [2.75, 3.05) is 6.61 Å². The number of nitrogens with one attached hydrogen (secondary N) is 3. The standard InChI is InChI=1S/C13H16BrN3O4/c1-8(2)15-12(19)13(20)17-16-11(18)7-21-10-5-3-9(14)4-6-10/h3-6,8H,7H2,1-2H3,(H,15,19)(H,16,18)(H,17,20). The van der Waals surface area contributed by atoms with Crippen molar-refractivity contribution in [3.8, 4) is 5.75 Å². The van der Waals surface area contributed by atoms with Crippen molar-refractivity contribution in [2.24, 2.45) is 0 Å². The van der Waals surface area contributed by atoms with E-state index in [0.717, 1.165) is 4.47 Å². The molecule has 0 spiro atoms. The van der Waals surface area contributed by atoms with E-state index in [0.29, 0.717) is 5.75 Å². The van der Waals surface area contributed by atoms with Gasteiger partial charge in [-0.25, -0.2) is 0 Å². The van der Waals surface area contributed by atoms with E-state index in [1.165, 1.54) is 0 Å². The van der Waals surface area contributed by atoms with E-state index in [1.807, 2.05) is 5.43 Å². The molecular weight excluding hydrogens is 342 g/mol. The summed E-state index contributed by atoms with van der Waals surface area (Å²) >= 11 is 3.28. The van der Waals surface area contributed by atoms with Crippen LogP contribution in [0.1, 0.15) is 13.8 Å². The van der Waals surface area contributed by atoms with E-state index < -0.39 is 17.7 Å². The Morgan fingerprint density at radius 3 is 2.29 bits per heavy atom. The Balaban J connectivity index is 2.29. The molecule has 21 heavy (non-hydrogen) atoms. The molecule has 1 rings (SSSR count). The Kier molecular flexibility index (Phi) is 6.67. The first-order chi connectivity index (χ1) is 9.88. The molecule has 114 valence electrons. The van der Waals surface area contributed by atoms with Gasteiger partial charge in [0.1, 0.15) is 5.75 Å². The molecule has 1 aromatic rings. The van der Waals surface area contributed by atoms with Crippen LogP contribution in [0.2, 0.25) is 0 Å². The maximum absolute atomic E-state index is 11.4. The zero-order chi connectivity index (χ0) is 15.8. The Bertz CT molecular complexity index is 517. The van der Waals surface area contributed by atoms with Gasteiger partial charge in [-0.15, -0.1) is 0 Å². The predicted molar refractivity (Wildman–Crippen MR) is 79.2 cm³/mol. The van der Waals surface area contributed by atoms with Gasteiger partial charge in [-0.05, 0) is 38.1 Å². The summed E-state index contributed by atoms with van der Waals surface area (Å²) in [4.78, 5) is 34.0. The Morgan fingerprint density at radius 1 is 1.10 bits per heavy atom. The number of hydrogen-bond donors (Lipinski definition) is 3. The van der Waals surface area contributed by atoms with Crippen LogP contribution in [0.5, 0.6) is 5.75 Å². The van der Waals surface area contributed by atoms with Gasteiger partial charge in [-0.1, -0.05) is 15.9 Å². The first-order valence-corrected chi connectivity index (χ1v) is 6.96. The third-order valence-electron chi connectivity index (χ3n) is 2.13. The van der Waals surface area contributed by atoms with Gasteiger partial charge in [0, 0.05) is 10.5 Å². The highest BCUT2D eigenvalue weighted by Gasteiger charge is 2.14. The number of hydrogen-bond acceptors (Lipinski definition) is 4. The molecule has 0 saturated carbocycles. The summed E-state index contributed by atoms with van der Waals surface area (Å²) in [7, 11) is 0. The van der Waals surface area contributed by atoms with Gasteiger partial charge in [0.25, 0.3) is 5.91 Å². The lowest BCUT2D eigenvalue weighted by Gasteiger charge is -2.10. The van der Waals surface area contributed by atoms with Crippen LogP contribution in [0.15, 0.2) is 28.7 Å². The van der Waals surface area contributed by atoms with Gasteiger partial charge in [0.15, 0.2) is 6.61 Å². The van der Waals surface area contributed by atoms with Crippen molar-refractivity contribution < 1.29 is 19.1 Å². The van der Waals surface area contributed by atoms with Gasteiger partial charge in [0.2, 0.25) is 0 Å². The number of carbonyl (C=O) groups is 3. The van der Waals surface area contributed by atoms with Crippen LogP contribution in [-0.4, -0.2) is 30.4 Å². The lowest BCUT2D eigenvalue weighted by Crippen LogP contribution is -2.50. The van der Waals surface area contributed by atoms with Crippen LogP contribution in [-0.2, 0) is 14.4 Å². The van der Waals surface area contributed by atoms with Crippen LogP contribution in [0.25, 0.3) is 0 Å². The average molecular weight is 358 g/mol. The monoisotopic (exact) mass is 357 g/mol. The molecule has 0 saturated heterocycles. The summed E-state index contributed by atoms with van der Waals surface area (Å²) in [6.07, 6.45) is 0. The highest BCUT2D eigenvalue weighted by Crippen LogP contribution is 2.15. The van der Waals surface area contributed by atoms with E-state index in [-0.39, 0.29) is 12.6 Å². The largest absolute Gasteiger partial charge is 0.484 e. The van der Waals surface area contributed by atoms with E-state index in [2.05, 4.69) is 26.7 Å². The Morgan fingerprint density at radius 2 is 1.71 bits per heavy atom. The molecule has 0 unspecified atom stereocenters. The lowest BCUT2D eigenvalue weighted by atomic mass is 10.3. The molecule has 0 radical (unpaired) electrons. The predicted octanol–water partition coefficient (Wildman–Crippen LogP) is 0.500. The van der Waals surface area contributed by atoms with Crippen molar-refractivity contribution in [3.63, 3.8) is 0 Å². The quantitative estimate of drug-likeness (QED) is 0.540. The Hall–Kier alpha value is -2.09. The zero-order valence-corrected chi connectivity index (χ0v) is 13.2. The zero-order valence-electron chi connectivity index (χ0n) is 11.6. The van der Waals surface area contributed by atoms with Crippen molar-refractivity contribution in [3.05, 3.63) is 28.7 Å². The number of amides is 3. The number of benzene rings is 1. The smallest absolute Gasteiger partial charge is 0.327 e. The summed E-state index contributed by atoms with van der Waals surface area (Å²) < 4.78 is 6.09. The number of rotatable bonds is 4. The van der Waals surface area contributed by atoms with Crippen LogP contribution in [0.3, 0.4) is 0 Å². The van der Waals surface area contributed by atoms with Gasteiger partial charge in [-0.2, -0.15) is 0 Å². The summed E-state index contributed by atoms with van der Waals surface area (Å²) in [6, 6.07) is 6.74. The van der Waals surface area contributed by atoms with Crippen LogP contribution >= 0.6 is 15.9 Å². The minimum atomic E-state index is -0.944. The first-order valence-electron chi connectivity index (χ1n) is 6.16. The summed E-state index contributed by atoms with van der Waals surface area (Å²) in [5.41, 5.74) is 4.08. The molecule has 0 heterocycles. The number of halogens is 1. The second kappa shape index (κ2) is 8.25. The molecule has 0 aliphatic rings. The second-order valence-electron chi connectivity index (χ2n) is 4.37.